The Morgan fingerprint density at radius 1 is 1.48 bits per heavy atom. The summed E-state index contributed by atoms with van der Waals surface area (Å²) in [5.41, 5.74) is 0.262. The Bertz CT molecular complexity index is 772. The van der Waals surface area contributed by atoms with Gasteiger partial charge >= 0.3 is 0 Å². The lowest BCUT2D eigenvalue weighted by molar-refractivity contribution is -0.384. The predicted molar refractivity (Wildman–Crippen MR) is 93.7 cm³/mol. The lowest BCUT2D eigenvalue weighted by atomic mass is 9.99. The summed E-state index contributed by atoms with van der Waals surface area (Å²) in [6.07, 6.45) is 3.95. The molecule has 0 spiro atoms. The van der Waals surface area contributed by atoms with Crippen LogP contribution in [0.3, 0.4) is 0 Å². The predicted octanol–water partition coefficient (Wildman–Crippen LogP) is 2.38. The van der Waals surface area contributed by atoms with E-state index in [-0.39, 0.29) is 47.1 Å². The fourth-order valence-electron chi connectivity index (χ4n) is 2.51. The number of nitrogens with zero attached hydrogens (tertiary/aromatic N) is 3. The maximum atomic E-state index is 12.5. The van der Waals surface area contributed by atoms with Crippen LogP contribution in [0.25, 0.3) is 0 Å². The van der Waals surface area contributed by atoms with Crippen molar-refractivity contribution in [1.29, 1.82) is 0 Å². The number of anilines is 1. The third kappa shape index (κ3) is 4.03. The Labute approximate surface area is 145 Å². The maximum absolute atomic E-state index is 12.5. The second-order valence-electron chi connectivity index (χ2n) is 6.00. The van der Waals surface area contributed by atoms with Crippen LogP contribution in [-0.4, -0.2) is 38.0 Å². The second-order valence-corrected chi connectivity index (χ2v) is 6.00. The molecule has 1 heterocycles. The molecule has 0 saturated heterocycles. The molecule has 0 saturated carbocycles. The summed E-state index contributed by atoms with van der Waals surface area (Å²) in [4.78, 5) is 27.4. The van der Waals surface area contributed by atoms with E-state index in [1.165, 1.54) is 24.4 Å². The van der Waals surface area contributed by atoms with Gasteiger partial charge in [-0.15, -0.1) is 0 Å². The van der Waals surface area contributed by atoms with Crippen molar-refractivity contribution in [3.05, 3.63) is 52.1 Å². The van der Waals surface area contributed by atoms with Gasteiger partial charge in [0.2, 0.25) is 5.78 Å². The van der Waals surface area contributed by atoms with Crippen LogP contribution in [0.2, 0.25) is 0 Å². The average molecular weight is 346 g/mol. The number of ketones is 1. The molecule has 0 aliphatic rings. The quantitative estimate of drug-likeness (QED) is 0.431. The van der Waals surface area contributed by atoms with Gasteiger partial charge in [-0.1, -0.05) is 20.3 Å². The van der Waals surface area contributed by atoms with Crippen molar-refractivity contribution >= 4 is 17.2 Å². The lowest BCUT2D eigenvalue weighted by Crippen LogP contribution is -2.31. The van der Waals surface area contributed by atoms with E-state index in [0.717, 1.165) is 6.42 Å². The number of carbonyl (C=O) groups excluding carboxylic acids is 1. The van der Waals surface area contributed by atoms with Crippen LogP contribution in [0.4, 0.5) is 11.4 Å². The van der Waals surface area contributed by atoms with Crippen LogP contribution in [0.1, 0.15) is 36.5 Å². The summed E-state index contributed by atoms with van der Waals surface area (Å²) in [6, 6.07) is 3.96. The molecule has 2 aromatic rings. The van der Waals surface area contributed by atoms with Crippen molar-refractivity contribution < 1.29 is 14.8 Å². The molecule has 0 aliphatic carbocycles. The van der Waals surface area contributed by atoms with Gasteiger partial charge in [-0.3, -0.25) is 14.9 Å². The molecule has 0 amide bonds. The summed E-state index contributed by atoms with van der Waals surface area (Å²) in [5.74, 6) is -0.0379. The molecule has 2 N–H and O–H groups in total. The Morgan fingerprint density at radius 2 is 2.20 bits per heavy atom. The SMILES string of the molecule is CC[C@H](C)[C@H](CO)Nc1ccc(C(=O)c2nccn2C)cc1[N+](=O)[O-]. The normalized spacial score (nSPS) is 13.3. The number of aliphatic hydroxyl groups is 1. The van der Waals surface area contributed by atoms with Gasteiger partial charge < -0.3 is 15.0 Å². The summed E-state index contributed by atoms with van der Waals surface area (Å²) in [5, 5.41) is 24.0. The first kappa shape index (κ1) is 18.6. The van der Waals surface area contributed by atoms with Gasteiger partial charge in [0.15, 0.2) is 5.82 Å². The lowest BCUT2D eigenvalue weighted by Gasteiger charge is -2.23. The topological polar surface area (TPSA) is 110 Å². The molecule has 2 rings (SSSR count). The molecule has 0 unspecified atom stereocenters. The summed E-state index contributed by atoms with van der Waals surface area (Å²) >= 11 is 0. The highest BCUT2D eigenvalue weighted by molar-refractivity contribution is 6.07. The number of hydrogen-bond donors (Lipinski definition) is 2. The number of aliphatic hydroxyl groups excluding tert-OH is 1. The Hall–Kier alpha value is -2.74. The van der Waals surface area contributed by atoms with E-state index in [0.29, 0.717) is 0 Å². The summed E-state index contributed by atoms with van der Waals surface area (Å²) in [6.45, 7) is 3.80. The molecule has 25 heavy (non-hydrogen) atoms. The first-order valence-corrected chi connectivity index (χ1v) is 8.06. The number of rotatable bonds is 8. The molecule has 1 aromatic heterocycles. The van der Waals surface area contributed by atoms with Crippen LogP contribution in [0, 0.1) is 16.0 Å². The maximum Gasteiger partial charge on any atom is 0.293 e. The molecular formula is C17H22N4O4. The minimum atomic E-state index is -0.539. The number of hydrogen-bond acceptors (Lipinski definition) is 6. The third-order valence-corrected chi connectivity index (χ3v) is 4.35. The van der Waals surface area contributed by atoms with Crippen molar-refractivity contribution in [1.82, 2.24) is 9.55 Å². The molecule has 2 atom stereocenters. The van der Waals surface area contributed by atoms with Crippen molar-refractivity contribution in [2.45, 2.75) is 26.3 Å². The highest BCUT2D eigenvalue weighted by Gasteiger charge is 2.23. The number of aromatic nitrogens is 2. The molecule has 0 radical (unpaired) electrons. The van der Waals surface area contributed by atoms with Crippen LogP contribution in [0.5, 0.6) is 0 Å². The van der Waals surface area contributed by atoms with Gasteiger partial charge in [0, 0.05) is 31.1 Å². The number of carbonyl (C=O) groups is 1. The van der Waals surface area contributed by atoms with Crippen LogP contribution in [0.15, 0.2) is 30.6 Å². The molecule has 134 valence electrons. The number of imidazole rings is 1. The fraction of sp³-hybridized carbons (Fsp3) is 0.412. The Morgan fingerprint density at radius 3 is 2.72 bits per heavy atom. The van der Waals surface area contributed by atoms with Gasteiger partial charge in [0.05, 0.1) is 17.6 Å². The highest BCUT2D eigenvalue weighted by atomic mass is 16.6. The van der Waals surface area contributed by atoms with Gasteiger partial charge in [-0.05, 0) is 18.1 Å². The zero-order chi connectivity index (χ0) is 18.6. The van der Waals surface area contributed by atoms with Gasteiger partial charge in [-0.25, -0.2) is 4.98 Å². The minimum Gasteiger partial charge on any atom is -0.394 e. The molecule has 0 fully saturated rings. The van der Waals surface area contributed by atoms with E-state index >= 15 is 0 Å². The zero-order valence-corrected chi connectivity index (χ0v) is 14.5. The summed E-state index contributed by atoms with van der Waals surface area (Å²) < 4.78 is 1.56. The zero-order valence-electron chi connectivity index (χ0n) is 14.5. The molecule has 0 bridgehead atoms. The van der Waals surface area contributed by atoms with E-state index < -0.39 is 4.92 Å². The van der Waals surface area contributed by atoms with Crippen LogP contribution >= 0.6 is 0 Å². The van der Waals surface area contributed by atoms with E-state index in [2.05, 4.69) is 10.3 Å². The number of benzene rings is 1. The monoisotopic (exact) mass is 346 g/mol. The molecule has 8 nitrogen and oxygen atoms in total. The van der Waals surface area contributed by atoms with Crippen LogP contribution in [-0.2, 0) is 7.05 Å². The number of nitro groups is 1. The Balaban J connectivity index is 2.36. The molecule has 1 aromatic carbocycles. The fourth-order valence-corrected chi connectivity index (χ4v) is 2.51. The van der Waals surface area contributed by atoms with Crippen molar-refractivity contribution in [2.24, 2.45) is 13.0 Å². The van der Waals surface area contributed by atoms with Gasteiger partial charge in [-0.2, -0.15) is 0 Å². The van der Waals surface area contributed by atoms with Crippen molar-refractivity contribution in [3.63, 3.8) is 0 Å². The Kier molecular flexibility index (Phi) is 5.87. The smallest absolute Gasteiger partial charge is 0.293 e. The van der Waals surface area contributed by atoms with Gasteiger partial charge in [0.25, 0.3) is 5.69 Å². The first-order valence-electron chi connectivity index (χ1n) is 8.06. The van der Waals surface area contributed by atoms with E-state index in [9.17, 15) is 20.0 Å². The van der Waals surface area contributed by atoms with Gasteiger partial charge in [0.1, 0.15) is 5.69 Å². The average Bonchev–Trinajstić information content (AvgIpc) is 3.04. The minimum absolute atomic E-state index is 0.137. The summed E-state index contributed by atoms with van der Waals surface area (Å²) in [7, 11) is 1.68. The third-order valence-electron chi connectivity index (χ3n) is 4.35. The number of aryl methyl sites for hydroxylation is 1. The van der Waals surface area contributed by atoms with E-state index in [1.807, 2.05) is 13.8 Å². The molecular weight excluding hydrogens is 324 g/mol. The first-order chi connectivity index (χ1) is 11.9. The highest BCUT2D eigenvalue weighted by Crippen LogP contribution is 2.28. The largest absolute Gasteiger partial charge is 0.394 e. The van der Waals surface area contributed by atoms with E-state index in [1.54, 1.807) is 17.8 Å². The van der Waals surface area contributed by atoms with Crippen LogP contribution < -0.4 is 5.32 Å². The number of nitro benzene ring substituents is 1. The van der Waals surface area contributed by atoms with Crippen molar-refractivity contribution in [3.8, 4) is 0 Å². The molecule has 8 heteroatoms. The van der Waals surface area contributed by atoms with Crippen molar-refractivity contribution in [2.75, 3.05) is 11.9 Å². The molecule has 0 aliphatic heterocycles. The standard InChI is InChI=1S/C17H22N4O4/c1-4-11(2)14(10-22)19-13-6-5-12(9-15(13)21(24)25)16(23)17-18-7-8-20(17)3/h5-9,11,14,19,22H,4,10H2,1-3H3/t11-,14-/m0/s1. The second kappa shape index (κ2) is 7.89. The van der Waals surface area contributed by atoms with E-state index in [4.69, 9.17) is 0 Å². The number of nitrogens with one attached hydrogen (secondary N) is 1.